The first kappa shape index (κ1) is 22.7. The Kier molecular flexibility index (Phi) is 7.24. The minimum atomic E-state index is -3.81. The Morgan fingerprint density at radius 1 is 1.16 bits per heavy atom. The van der Waals surface area contributed by atoms with E-state index in [0.29, 0.717) is 13.2 Å². The Balaban J connectivity index is 1.70. The van der Waals surface area contributed by atoms with Gasteiger partial charge in [-0.2, -0.15) is 0 Å². The average Bonchev–Trinajstić information content (AvgIpc) is 3.24. The van der Waals surface area contributed by atoms with Gasteiger partial charge in [-0.25, -0.2) is 12.8 Å². The van der Waals surface area contributed by atoms with Gasteiger partial charge in [0.2, 0.25) is 15.9 Å². The van der Waals surface area contributed by atoms with E-state index in [1.807, 2.05) is 0 Å². The van der Waals surface area contributed by atoms with E-state index in [2.05, 4.69) is 10.6 Å². The zero-order chi connectivity index (χ0) is 22.4. The Hall–Kier alpha value is -2.98. The van der Waals surface area contributed by atoms with Gasteiger partial charge >= 0.3 is 0 Å². The molecule has 0 saturated carbocycles. The van der Waals surface area contributed by atoms with Crippen LogP contribution in [0.3, 0.4) is 0 Å². The molecule has 0 radical (unpaired) electrons. The summed E-state index contributed by atoms with van der Waals surface area (Å²) in [6, 6.07) is 11.2. The van der Waals surface area contributed by atoms with Crippen molar-refractivity contribution in [2.24, 2.45) is 0 Å². The Labute approximate surface area is 180 Å². The van der Waals surface area contributed by atoms with Gasteiger partial charge in [0.25, 0.3) is 5.91 Å². The monoisotopic (exact) mass is 449 g/mol. The van der Waals surface area contributed by atoms with Gasteiger partial charge < -0.3 is 15.4 Å². The van der Waals surface area contributed by atoms with Crippen LogP contribution in [0.4, 0.5) is 15.8 Å². The summed E-state index contributed by atoms with van der Waals surface area (Å²) < 4.78 is 43.9. The van der Waals surface area contributed by atoms with Crippen LogP contribution in [0.1, 0.15) is 23.2 Å². The number of rotatable bonds is 8. The Bertz CT molecular complexity index is 1040. The highest BCUT2D eigenvalue weighted by molar-refractivity contribution is 7.92. The van der Waals surface area contributed by atoms with Crippen LogP contribution in [0.2, 0.25) is 0 Å². The average molecular weight is 450 g/mol. The van der Waals surface area contributed by atoms with Crippen molar-refractivity contribution < 1.29 is 27.1 Å². The van der Waals surface area contributed by atoms with Crippen LogP contribution in [-0.4, -0.2) is 52.3 Å². The highest BCUT2D eigenvalue weighted by atomic mass is 32.2. The van der Waals surface area contributed by atoms with E-state index < -0.39 is 28.3 Å². The highest BCUT2D eigenvalue weighted by Gasteiger charge is 2.22. The quantitative estimate of drug-likeness (QED) is 0.643. The molecule has 1 heterocycles. The van der Waals surface area contributed by atoms with Crippen LogP contribution < -0.4 is 14.9 Å². The van der Waals surface area contributed by atoms with Gasteiger partial charge in [0, 0.05) is 13.2 Å². The molecule has 0 aliphatic carbocycles. The lowest BCUT2D eigenvalue weighted by Gasteiger charge is -2.22. The van der Waals surface area contributed by atoms with Crippen molar-refractivity contribution in [3.8, 4) is 0 Å². The maximum Gasteiger partial charge on any atom is 0.253 e. The summed E-state index contributed by atoms with van der Waals surface area (Å²) in [6.45, 7) is 0.516. The molecule has 0 aromatic heterocycles. The van der Waals surface area contributed by atoms with Gasteiger partial charge in [-0.1, -0.05) is 12.1 Å². The molecule has 1 atom stereocenters. The molecule has 1 aliphatic heterocycles. The molecule has 2 amide bonds. The van der Waals surface area contributed by atoms with Crippen molar-refractivity contribution >= 4 is 33.2 Å². The third-order valence-corrected chi connectivity index (χ3v) is 5.90. The number of sulfonamides is 1. The van der Waals surface area contributed by atoms with Crippen molar-refractivity contribution in [3.05, 3.63) is 59.9 Å². The number of halogens is 1. The number of carbonyl (C=O) groups is 2. The second-order valence-electron chi connectivity index (χ2n) is 7.18. The summed E-state index contributed by atoms with van der Waals surface area (Å²) in [5, 5.41) is 5.39. The molecule has 31 heavy (non-hydrogen) atoms. The molecule has 0 unspecified atom stereocenters. The third-order valence-electron chi connectivity index (χ3n) is 4.76. The number of hydrogen-bond donors (Lipinski definition) is 2. The number of carbonyl (C=O) groups excluding carboxylic acids is 2. The normalized spacial score (nSPS) is 16.0. The van der Waals surface area contributed by atoms with Gasteiger partial charge in [-0.15, -0.1) is 0 Å². The van der Waals surface area contributed by atoms with Crippen molar-refractivity contribution in [2.75, 3.05) is 35.6 Å². The van der Waals surface area contributed by atoms with E-state index in [1.54, 1.807) is 24.3 Å². The molecule has 2 N–H and O–H groups in total. The lowest BCUT2D eigenvalue weighted by molar-refractivity contribution is -0.114. The molecule has 0 bridgehead atoms. The predicted octanol–water partition coefficient (Wildman–Crippen LogP) is 2.14. The molecular weight excluding hydrogens is 425 g/mol. The molecule has 166 valence electrons. The fourth-order valence-corrected chi connectivity index (χ4v) is 4.08. The molecule has 2 aromatic rings. The van der Waals surface area contributed by atoms with Crippen molar-refractivity contribution in [1.82, 2.24) is 5.32 Å². The molecular formula is C21H24FN3O5S. The second-order valence-corrected chi connectivity index (χ2v) is 9.09. The maximum absolute atomic E-state index is 13.2. The number of benzene rings is 2. The molecule has 1 aliphatic rings. The predicted molar refractivity (Wildman–Crippen MR) is 115 cm³/mol. The first-order chi connectivity index (χ1) is 14.7. The summed E-state index contributed by atoms with van der Waals surface area (Å²) >= 11 is 0. The molecule has 1 fully saturated rings. The van der Waals surface area contributed by atoms with Gasteiger partial charge in [-0.05, 0) is 49.2 Å². The number of anilines is 2. The zero-order valence-corrected chi connectivity index (χ0v) is 17.8. The Morgan fingerprint density at radius 2 is 1.87 bits per heavy atom. The number of amides is 2. The van der Waals surface area contributed by atoms with Crippen LogP contribution >= 0.6 is 0 Å². The number of nitrogens with zero attached hydrogens (tertiary/aromatic N) is 1. The highest BCUT2D eigenvalue weighted by Crippen LogP contribution is 2.20. The first-order valence-electron chi connectivity index (χ1n) is 9.76. The van der Waals surface area contributed by atoms with E-state index in [-0.39, 0.29) is 28.9 Å². The smallest absolute Gasteiger partial charge is 0.253 e. The van der Waals surface area contributed by atoms with E-state index >= 15 is 0 Å². The number of nitrogens with one attached hydrogen (secondary N) is 2. The lowest BCUT2D eigenvalue weighted by Crippen LogP contribution is -2.38. The second kappa shape index (κ2) is 9.88. The van der Waals surface area contributed by atoms with Gasteiger partial charge in [0.05, 0.1) is 29.3 Å². The zero-order valence-electron chi connectivity index (χ0n) is 17.0. The summed E-state index contributed by atoms with van der Waals surface area (Å²) in [4.78, 5) is 25.2. The van der Waals surface area contributed by atoms with Crippen molar-refractivity contribution in [1.29, 1.82) is 0 Å². The number of hydrogen-bond acceptors (Lipinski definition) is 5. The van der Waals surface area contributed by atoms with Crippen LogP contribution in [0.5, 0.6) is 0 Å². The van der Waals surface area contributed by atoms with Gasteiger partial charge in [0.1, 0.15) is 12.4 Å². The minimum Gasteiger partial charge on any atom is -0.376 e. The van der Waals surface area contributed by atoms with E-state index in [1.165, 1.54) is 12.1 Å². The van der Waals surface area contributed by atoms with Gasteiger partial charge in [-0.3, -0.25) is 13.9 Å². The van der Waals surface area contributed by atoms with E-state index in [4.69, 9.17) is 4.74 Å². The summed E-state index contributed by atoms with van der Waals surface area (Å²) in [6.07, 6.45) is 2.77. The molecule has 10 heteroatoms. The standard InChI is InChI=1S/C21H24FN3O5S/c1-31(28,29)25(16-10-8-15(22)9-11-16)14-20(26)24-19-7-3-2-6-18(19)21(27)23-13-17-5-4-12-30-17/h2-3,6-11,17H,4-5,12-14H2,1H3,(H,23,27)(H,24,26)/t17-/m1/s1. The van der Waals surface area contributed by atoms with E-state index in [9.17, 15) is 22.4 Å². The summed E-state index contributed by atoms with van der Waals surface area (Å²) in [5.74, 6) is -1.54. The van der Waals surface area contributed by atoms with Crippen LogP contribution in [0.15, 0.2) is 48.5 Å². The summed E-state index contributed by atoms with van der Waals surface area (Å²) in [7, 11) is -3.81. The van der Waals surface area contributed by atoms with Crippen LogP contribution in [0.25, 0.3) is 0 Å². The fourth-order valence-electron chi connectivity index (χ4n) is 3.22. The molecule has 2 aromatic carbocycles. The van der Waals surface area contributed by atoms with Crippen molar-refractivity contribution in [3.63, 3.8) is 0 Å². The fraction of sp³-hybridized carbons (Fsp3) is 0.333. The number of ether oxygens (including phenoxy) is 1. The largest absolute Gasteiger partial charge is 0.376 e. The minimum absolute atomic E-state index is 0.0234. The van der Waals surface area contributed by atoms with Crippen molar-refractivity contribution in [2.45, 2.75) is 18.9 Å². The number of para-hydroxylation sites is 1. The molecule has 3 rings (SSSR count). The molecule has 1 saturated heterocycles. The maximum atomic E-state index is 13.2. The first-order valence-corrected chi connectivity index (χ1v) is 11.6. The lowest BCUT2D eigenvalue weighted by atomic mass is 10.1. The van der Waals surface area contributed by atoms with Crippen LogP contribution in [-0.2, 0) is 19.6 Å². The van der Waals surface area contributed by atoms with Crippen LogP contribution in [0, 0.1) is 5.82 Å². The molecule has 0 spiro atoms. The third kappa shape index (κ3) is 6.25. The summed E-state index contributed by atoms with van der Waals surface area (Å²) in [5.41, 5.74) is 0.660. The Morgan fingerprint density at radius 3 is 2.52 bits per heavy atom. The van der Waals surface area contributed by atoms with E-state index in [0.717, 1.165) is 35.5 Å². The topological polar surface area (TPSA) is 105 Å². The molecule has 8 nitrogen and oxygen atoms in total. The SMILES string of the molecule is CS(=O)(=O)N(CC(=O)Nc1ccccc1C(=O)NC[C@H]1CCCO1)c1ccc(F)cc1. The van der Waals surface area contributed by atoms with Gasteiger partial charge in [0.15, 0.2) is 0 Å².